The van der Waals surface area contributed by atoms with Gasteiger partial charge in [-0.2, -0.15) is 0 Å². The number of nitrogens with zero attached hydrogens (tertiary/aromatic N) is 3. The number of nitrogens with one attached hydrogen (secondary N) is 5. The van der Waals surface area contributed by atoms with Crippen molar-refractivity contribution in [1.82, 2.24) is 15.0 Å². The van der Waals surface area contributed by atoms with E-state index in [4.69, 9.17) is 11.5 Å². The number of para-hydroxylation sites is 1. The predicted octanol–water partition coefficient (Wildman–Crippen LogP) is 3.02. The molecular formula is C22H24N10O2S. The van der Waals surface area contributed by atoms with E-state index < -0.39 is 10.0 Å². The summed E-state index contributed by atoms with van der Waals surface area (Å²) in [5.41, 5.74) is 27.0. The second-order valence-electron chi connectivity index (χ2n) is 7.37. The number of hydrogen-bond donors (Lipinski definition) is 7. The lowest BCUT2D eigenvalue weighted by molar-refractivity contribution is 0.601. The van der Waals surface area contributed by atoms with Crippen LogP contribution in [0.5, 0.6) is 0 Å². The Kier molecular flexibility index (Phi) is 6.69. The number of nitrogen functional groups attached to an aromatic ring is 2. The Morgan fingerprint density at radius 3 is 1.94 bits per heavy atom. The van der Waals surface area contributed by atoms with E-state index in [2.05, 4.69) is 41.4 Å². The maximum Gasteiger partial charge on any atom is 0.264 e. The molecule has 0 unspecified atom stereocenters. The SMILES string of the molecule is Cc1ccnc(NS(=O)(=O)c2ccc(NNc3cc(NNc4ccccc4)c(N)nc3N)cc2)n1. The summed E-state index contributed by atoms with van der Waals surface area (Å²) in [7, 11) is -3.84. The van der Waals surface area contributed by atoms with Crippen molar-refractivity contribution in [2.24, 2.45) is 0 Å². The third-order valence-corrected chi connectivity index (χ3v) is 6.07. The lowest BCUT2D eigenvalue weighted by Crippen LogP contribution is -2.16. The van der Waals surface area contributed by atoms with Gasteiger partial charge in [0.1, 0.15) is 0 Å². The van der Waals surface area contributed by atoms with Gasteiger partial charge >= 0.3 is 0 Å². The van der Waals surface area contributed by atoms with Crippen LogP contribution < -0.4 is 37.9 Å². The molecule has 9 N–H and O–H groups in total. The maximum atomic E-state index is 12.6. The number of nitrogens with two attached hydrogens (primary N) is 2. The number of hydrazine groups is 2. The van der Waals surface area contributed by atoms with Crippen molar-refractivity contribution in [2.75, 3.05) is 37.9 Å². The molecule has 0 aliphatic carbocycles. The molecule has 0 aliphatic heterocycles. The molecule has 0 amide bonds. The molecule has 4 aromatic rings. The molecule has 0 fully saturated rings. The number of pyridine rings is 1. The van der Waals surface area contributed by atoms with Gasteiger partial charge in [0.05, 0.1) is 27.6 Å². The van der Waals surface area contributed by atoms with Crippen molar-refractivity contribution >= 4 is 50.4 Å². The highest BCUT2D eigenvalue weighted by Gasteiger charge is 2.16. The number of rotatable bonds is 9. The van der Waals surface area contributed by atoms with E-state index in [9.17, 15) is 8.42 Å². The molecule has 0 saturated heterocycles. The van der Waals surface area contributed by atoms with Crippen LogP contribution in [0.25, 0.3) is 0 Å². The van der Waals surface area contributed by atoms with Gasteiger partial charge in [-0.1, -0.05) is 18.2 Å². The molecule has 0 saturated carbocycles. The summed E-state index contributed by atoms with van der Waals surface area (Å²) in [6, 6.07) is 18.9. The number of sulfonamides is 1. The van der Waals surface area contributed by atoms with E-state index in [1.54, 1.807) is 31.2 Å². The van der Waals surface area contributed by atoms with E-state index >= 15 is 0 Å². The van der Waals surface area contributed by atoms with Gasteiger partial charge in [0.25, 0.3) is 10.0 Å². The van der Waals surface area contributed by atoms with Gasteiger partial charge in [-0.15, -0.1) is 0 Å². The summed E-state index contributed by atoms with van der Waals surface area (Å²) in [6.45, 7) is 1.75. The van der Waals surface area contributed by atoms with Crippen molar-refractivity contribution in [3.05, 3.63) is 78.6 Å². The normalized spacial score (nSPS) is 10.9. The van der Waals surface area contributed by atoms with E-state index in [1.165, 1.54) is 18.3 Å². The van der Waals surface area contributed by atoms with Crippen LogP contribution in [0, 0.1) is 6.92 Å². The Balaban J connectivity index is 1.41. The molecule has 4 rings (SSSR count). The highest BCUT2D eigenvalue weighted by atomic mass is 32.2. The van der Waals surface area contributed by atoms with Crippen molar-refractivity contribution in [1.29, 1.82) is 0 Å². The quantitative estimate of drug-likeness (QED) is 0.170. The lowest BCUT2D eigenvalue weighted by Gasteiger charge is -2.16. The summed E-state index contributed by atoms with van der Waals surface area (Å²) in [6.07, 6.45) is 1.48. The molecule has 0 aliphatic rings. The first kappa shape index (κ1) is 23.4. The second-order valence-corrected chi connectivity index (χ2v) is 9.05. The standard InChI is InChI=1S/C22H24N10O2S/c1-14-11-12-25-22(26-14)32-35(33,34)17-9-7-16(8-10-17)29-31-19-13-18(20(23)27-21(19)24)30-28-15-5-3-2-4-6-15/h2-13,28-31H,1H3,(H4,23,24,27)(H,25,26,32). The number of benzene rings is 2. The van der Waals surface area contributed by atoms with Gasteiger partial charge < -0.3 is 22.3 Å². The molecule has 2 aromatic carbocycles. The van der Waals surface area contributed by atoms with E-state index in [0.29, 0.717) is 22.8 Å². The number of hydrogen-bond acceptors (Lipinski definition) is 11. The van der Waals surface area contributed by atoms with Crippen molar-refractivity contribution in [3.8, 4) is 0 Å². The molecular weight excluding hydrogens is 468 g/mol. The summed E-state index contributed by atoms with van der Waals surface area (Å²) in [4.78, 5) is 12.2. The minimum absolute atomic E-state index is 0.00589. The average molecular weight is 493 g/mol. The predicted molar refractivity (Wildman–Crippen MR) is 138 cm³/mol. The molecule has 0 radical (unpaired) electrons. The van der Waals surface area contributed by atoms with Gasteiger partial charge in [-0.05, 0) is 55.5 Å². The van der Waals surface area contributed by atoms with Crippen molar-refractivity contribution in [3.63, 3.8) is 0 Å². The third-order valence-electron chi connectivity index (χ3n) is 4.72. The summed E-state index contributed by atoms with van der Waals surface area (Å²) >= 11 is 0. The Morgan fingerprint density at radius 1 is 0.743 bits per heavy atom. The monoisotopic (exact) mass is 492 g/mol. The van der Waals surface area contributed by atoms with Crippen LogP contribution in [-0.4, -0.2) is 23.4 Å². The second kappa shape index (κ2) is 10.0. The van der Waals surface area contributed by atoms with Gasteiger partial charge in [0.2, 0.25) is 5.95 Å². The first-order valence-corrected chi connectivity index (χ1v) is 11.9. The fourth-order valence-corrected chi connectivity index (χ4v) is 3.89. The van der Waals surface area contributed by atoms with Crippen molar-refractivity contribution in [2.45, 2.75) is 11.8 Å². The van der Waals surface area contributed by atoms with E-state index in [-0.39, 0.29) is 22.5 Å². The topological polar surface area (TPSA) is 185 Å². The molecule has 2 aromatic heterocycles. The molecule has 0 atom stereocenters. The lowest BCUT2D eigenvalue weighted by atomic mass is 10.3. The molecule has 2 heterocycles. The third kappa shape index (κ3) is 5.97. The first-order chi connectivity index (χ1) is 16.8. The molecule has 12 nitrogen and oxygen atoms in total. The van der Waals surface area contributed by atoms with Crippen LogP contribution in [-0.2, 0) is 10.0 Å². The van der Waals surface area contributed by atoms with E-state index in [1.807, 2.05) is 30.3 Å². The number of aryl methyl sites for hydroxylation is 1. The minimum Gasteiger partial charge on any atom is -0.382 e. The average Bonchev–Trinajstić information content (AvgIpc) is 2.83. The first-order valence-electron chi connectivity index (χ1n) is 10.4. The van der Waals surface area contributed by atoms with Crippen LogP contribution >= 0.6 is 0 Å². The Bertz CT molecular complexity index is 1410. The molecule has 180 valence electrons. The molecule has 35 heavy (non-hydrogen) atoms. The zero-order valence-electron chi connectivity index (χ0n) is 18.6. The Morgan fingerprint density at radius 2 is 1.34 bits per heavy atom. The maximum absolute atomic E-state index is 12.6. The number of anilines is 7. The van der Waals surface area contributed by atoms with Crippen LogP contribution in [0.4, 0.5) is 40.3 Å². The van der Waals surface area contributed by atoms with Gasteiger partial charge in [0.15, 0.2) is 11.6 Å². The van der Waals surface area contributed by atoms with Crippen LogP contribution in [0.15, 0.2) is 77.8 Å². The smallest absolute Gasteiger partial charge is 0.264 e. The highest BCUT2D eigenvalue weighted by molar-refractivity contribution is 7.92. The van der Waals surface area contributed by atoms with Crippen molar-refractivity contribution < 1.29 is 8.42 Å². The zero-order chi connectivity index (χ0) is 24.8. The Labute approximate surface area is 202 Å². The fourth-order valence-electron chi connectivity index (χ4n) is 2.94. The van der Waals surface area contributed by atoms with Gasteiger partial charge in [0, 0.05) is 11.9 Å². The van der Waals surface area contributed by atoms with Crippen LogP contribution in [0.1, 0.15) is 5.69 Å². The molecule has 0 bridgehead atoms. The summed E-state index contributed by atoms with van der Waals surface area (Å²) in [5.74, 6) is 0.407. The van der Waals surface area contributed by atoms with Gasteiger partial charge in [-0.3, -0.25) is 10.9 Å². The summed E-state index contributed by atoms with van der Waals surface area (Å²) in [5, 5.41) is 0. The zero-order valence-corrected chi connectivity index (χ0v) is 19.5. The molecule has 13 heteroatoms. The van der Waals surface area contributed by atoms with Crippen LogP contribution in [0.2, 0.25) is 0 Å². The van der Waals surface area contributed by atoms with Crippen LogP contribution in [0.3, 0.4) is 0 Å². The van der Waals surface area contributed by atoms with Gasteiger partial charge in [-0.25, -0.2) is 28.1 Å². The minimum atomic E-state index is -3.84. The molecule has 0 spiro atoms. The highest BCUT2D eigenvalue weighted by Crippen LogP contribution is 2.26. The Hall–Kier alpha value is -4.78. The van der Waals surface area contributed by atoms with E-state index in [0.717, 1.165) is 5.69 Å². The summed E-state index contributed by atoms with van der Waals surface area (Å²) < 4.78 is 27.6. The largest absolute Gasteiger partial charge is 0.382 e. The fraction of sp³-hybridized carbons (Fsp3) is 0.0455. The number of aromatic nitrogens is 3.